The van der Waals surface area contributed by atoms with Crippen molar-refractivity contribution in [2.75, 3.05) is 11.5 Å². The minimum absolute atomic E-state index is 0.431. The summed E-state index contributed by atoms with van der Waals surface area (Å²) in [6, 6.07) is 0. The van der Waals surface area contributed by atoms with Crippen molar-refractivity contribution >= 4 is 11.8 Å². The van der Waals surface area contributed by atoms with Crippen LogP contribution in [0.25, 0.3) is 0 Å². The molecule has 0 aromatic rings. The Bertz CT molecular complexity index is 142. The van der Waals surface area contributed by atoms with Gasteiger partial charge in [0.15, 0.2) is 6.10 Å². The summed E-state index contributed by atoms with van der Waals surface area (Å²) in [6.07, 6.45) is -5.29. The van der Waals surface area contributed by atoms with Gasteiger partial charge in [0.05, 0.1) is 0 Å². The summed E-state index contributed by atoms with van der Waals surface area (Å²) in [5, 5.41) is 8.87. The van der Waals surface area contributed by atoms with Crippen LogP contribution in [-0.2, 0) is 0 Å². The molecule has 0 bridgehead atoms. The van der Waals surface area contributed by atoms with Crippen LogP contribution < -0.4 is 0 Å². The molecule has 0 aromatic heterocycles. The maximum absolute atomic E-state index is 12.0. The monoisotopic (exact) mass is 200 g/mol. The summed E-state index contributed by atoms with van der Waals surface area (Å²) in [7, 11) is 0. The maximum atomic E-state index is 12.0. The van der Waals surface area contributed by atoms with E-state index in [1.54, 1.807) is 0 Å². The minimum atomic E-state index is -4.44. The van der Waals surface area contributed by atoms with Crippen LogP contribution in [0.15, 0.2) is 0 Å². The van der Waals surface area contributed by atoms with Crippen molar-refractivity contribution in [3.63, 3.8) is 0 Å². The third-order valence-corrected chi connectivity index (χ3v) is 3.22. The largest absolute Gasteiger partial charge is 0.414 e. The van der Waals surface area contributed by atoms with Crippen molar-refractivity contribution in [2.24, 2.45) is 5.92 Å². The number of halogens is 3. The third-order valence-electron chi connectivity index (χ3n) is 1.98. The van der Waals surface area contributed by atoms with Crippen LogP contribution in [0, 0.1) is 5.92 Å². The van der Waals surface area contributed by atoms with E-state index < -0.39 is 18.2 Å². The summed E-state index contributed by atoms with van der Waals surface area (Å²) in [4.78, 5) is 0. The standard InChI is InChI=1S/C7H11F3OS/c8-7(9,10)6(11)5-2-1-3-12-4-5/h5-6,11H,1-4H2. The molecule has 0 saturated carbocycles. The molecule has 2 atom stereocenters. The first-order chi connectivity index (χ1) is 5.52. The van der Waals surface area contributed by atoms with E-state index in [1.165, 1.54) is 11.8 Å². The molecule has 0 aliphatic carbocycles. The smallest absolute Gasteiger partial charge is 0.383 e. The van der Waals surface area contributed by atoms with Gasteiger partial charge in [-0.1, -0.05) is 0 Å². The van der Waals surface area contributed by atoms with Crippen LogP contribution in [0.2, 0.25) is 0 Å². The average Bonchev–Trinajstić information content (AvgIpc) is 2.03. The number of rotatable bonds is 1. The fourth-order valence-corrected chi connectivity index (χ4v) is 2.47. The Kier molecular flexibility index (Phi) is 3.29. The summed E-state index contributed by atoms with van der Waals surface area (Å²) in [5.41, 5.74) is 0. The number of thioether (sulfide) groups is 1. The number of hydrogen-bond donors (Lipinski definition) is 1. The van der Waals surface area contributed by atoms with E-state index in [-0.39, 0.29) is 0 Å². The Morgan fingerprint density at radius 3 is 2.50 bits per heavy atom. The van der Waals surface area contributed by atoms with Gasteiger partial charge in [-0.25, -0.2) is 0 Å². The van der Waals surface area contributed by atoms with Crippen molar-refractivity contribution in [1.29, 1.82) is 0 Å². The van der Waals surface area contributed by atoms with Crippen LogP contribution in [0.4, 0.5) is 13.2 Å². The zero-order valence-corrected chi connectivity index (χ0v) is 7.29. The number of aliphatic hydroxyl groups is 1. The first-order valence-corrected chi connectivity index (χ1v) is 5.00. The van der Waals surface area contributed by atoms with E-state index in [0.717, 1.165) is 12.2 Å². The van der Waals surface area contributed by atoms with E-state index >= 15 is 0 Å². The van der Waals surface area contributed by atoms with Gasteiger partial charge in [0.25, 0.3) is 0 Å². The molecule has 1 rings (SSSR count). The van der Waals surface area contributed by atoms with E-state index in [4.69, 9.17) is 5.11 Å². The highest BCUT2D eigenvalue weighted by Gasteiger charge is 2.43. The molecule has 1 aliphatic heterocycles. The fraction of sp³-hybridized carbons (Fsp3) is 1.00. The molecule has 0 amide bonds. The molecule has 1 saturated heterocycles. The van der Waals surface area contributed by atoms with Crippen molar-refractivity contribution in [2.45, 2.75) is 25.1 Å². The van der Waals surface area contributed by atoms with Crippen LogP contribution in [0.1, 0.15) is 12.8 Å². The second kappa shape index (κ2) is 3.87. The summed E-state index contributed by atoms with van der Waals surface area (Å²) in [5.74, 6) is 0.755. The zero-order valence-electron chi connectivity index (χ0n) is 6.47. The van der Waals surface area contributed by atoms with Gasteiger partial charge >= 0.3 is 6.18 Å². The lowest BCUT2D eigenvalue weighted by Gasteiger charge is -2.27. The van der Waals surface area contributed by atoms with Gasteiger partial charge in [0, 0.05) is 5.92 Å². The second-order valence-corrected chi connectivity index (χ2v) is 4.11. The molecule has 0 aromatic carbocycles. The SMILES string of the molecule is OC(C1CCCSC1)C(F)(F)F. The molecule has 1 nitrogen and oxygen atoms in total. The van der Waals surface area contributed by atoms with Gasteiger partial charge in [-0.05, 0) is 24.3 Å². The van der Waals surface area contributed by atoms with E-state index in [1.807, 2.05) is 0 Å². The van der Waals surface area contributed by atoms with Crippen molar-refractivity contribution in [3.8, 4) is 0 Å². The van der Waals surface area contributed by atoms with E-state index in [2.05, 4.69) is 0 Å². The molecule has 2 unspecified atom stereocenters. The average molecular weight is 200 g/mol. The highest BCUT2D eigenvalue weighted by molar-refractivity contribution is 7.99. The van der Waals surface area contributed by atoms with Crippen LogP contribution in [-0.4, -0.2) is 28.9 Å². The summed E-state index contributed by atoms with van der Waals surface area (Å²) >= 11 is 1.49. The Balaban J connectivity index is 2.45. The third kappa shape index (κ3) is 2.55. The Hall–Kier alpha value is 0.100. The number of alkyl halides is 3. The Morgan fingerprint density at radius 1 is 1.42 bits per heavy atom. The molecule has 0 spiro atoms. The predicted octanol–water partition coefficient (Wildman–Crippen LogP) is 2.05. The van der Waals surface area contributed by atoms with Crippen LogP contribution in [0.5, 0.6) is 0 Å². The Morgan fingerprint density at radius 2 is 2.08 bits per heavy atom. The van der Waals surface area contributed by atoms with E-state index in [0.29, 0.717) is 12.2 Å². The molecule has 5 heteroatoms. The van der Waals surface area contributed by atoms with Crippen LogP contribution in [0.3, 0.4) is 0 Å². The van der Waals surface area contributed by atoms with Gasteiger partial charge in [0.2, 0.25) is 0 Å². The lowest BCUT2D eigenvalue weighted by atomic mass is 9.98. The molecular weight excluding hydrogens is 189 g/mol. The van der Waals surface area contributed by atoms with Gasteiger partial charge in [-0.15, -0.1) is 0 Å². The normalized spacial score (nSPS) is 28.5. The maximum Gasteiger partial charge on any atom is 0.414 e. The molecule has 1 heterocycles. The highest BCUT2D eigenvalue weighted by atomic mass is 32.2. The van der Waals surface area contributed by atoms with Crippen molar-refractivity contribution < 1.29 is 18.3 Å². The summed E-state index contributed by atoms with van der Waals surface area (Å²) in [6.45, 7) is 0. The van der Waals surface area contributed by atoms with E-state index in [9.17, 15) is 13.2 Å². The van der Waals surface area contributed by atoms with Gasteiger partial charge in [-0.2, -0.15) is 24.9 Å². The van der Waals surface area contributed by atoms with Crippen LogP contribution >= 0.6 is 11.8 Å². The number of hydrogen-bond acceptors (Lipinski definition) is 2. The summed E-state index contributed by atoms with van der Waals surface area (Å²) < 4.78 is 35.9. The van der Waals surface area contributed by atoms with Crippen molar-refractivity contribution in [3.05, 3.63) is 0 Å². The topological polar surface area (TPSA) is 20.2 Å². The molecule has 1 aliphatic rings. The van der Waals surface area contributed by atoms with Gasteiger partial charge in [-0.3, -0.25) is 0 Å². The minimum Gasteiger partial charge on any atom is -0.383 e. The molecule has 12 heavy (non-hydrogen) atoms. The van der Waals surface area contributed by atoms with Gasteiger partial charge < -0.3 is 5.11 Å². The molecular formula is C7H11F3OS. The van der Waals surface area contributed by atoms with Crippen molar-refractivity contribution in [1.82, 2.24) is 0 Å². The zero-order chi connectivity index (χ0) is 9.19. The first kappa shape index (κ1) is 10.2. The second-order valence-electron chi connectivity index (χ2n) is 2.96. The lowest BCUT2D eigenvalue weighted by molar-refractivity contribution is -0.217. The number of aliphatic hydroxyl groups excluding tert-OH is 1. The molecule has 72 valence electrons. The quantitative estimate of drug-likeness (QED) is 0.699. The Labute approximate surface area is 73.3 Å². The lowest BCUT2D eigenvalue weighted by Crippen LogP contribution is -2.38. The molecule has 1 fully saturated rings. The first-order valence-electron chi connectivity index (χ1n) is 3.84. The molecule has 0 radical (unpaired) electrons. The fourth-order valence-electron chi connectivity index (χ4n) is 1.28. The predicted molar refractivity (Wildman–Crippen MR) is 42.1 cm³/mol. The molecule has 1 N–H and O–H groups in total. The van der Waals surface area contributed by atoms with Gasteiger partial charge in [0.1, 0.15) is 0 Å². The highest BCUT2D eigenvalue weighted by Crippen LogP contribution is 2.33.